The standard InChI is InChI=1S/C2H4O2.2Ag.H2O4S/c1-2(3)4;;;1-5(2,3)4/h1H3,(H,3,4);;;(H2,1,2,3,4). The second-order valence-electron chi connectivity index (χ2n) is 0.967. The molecule has 0 saturated heterocycles. The Kier molecular flexibility index (Phi) is 22.3. The van der Waals surface area contributed by atoms with Gasteiger partial charge in [-0.25, -0.2) is 0 Å². The van der Waals surface area contributed by atoms with E-state index in [1.807, 2.05) is 0 Å². The van der Waals surface area contributed by atoms with E-state index >= 15 is 0 Å². The number of carboxylic acids is 1. The van der Waals surface area contributed by atoms with Gasteiger partial charge >= 0.3 is 10.4 Å². The first-order valence-electron chi connectivity index (χ1n) is 1.63. The van der Waals surface area contributed by atoms with Crippen LogP contribution in [0.3, 0.4) is 0 Å². The molecule has 0 rings (SSSR count). The van der Waals surface area contributed by atoms with Crippen molar-refractivity contribution in [2.45, 2.75) is 6.92 Å². The number of rotatable bonds is 0. The fraction of sp³-hybridized carbons (Fsp3) is 0.500. The van der Waals surface area contributed by atoms with Gasteiger partial charge in [-0.1, -0.05) is 0 Å². The SMILES string of the molecule is CC(=O)O.O=S(=O)(O)O.[Ag].[Ag]. The molecule has 0 fully saturated rings. The molecule has 0 amide bonds. The summed E-state index contributed by atoms with van der Waals surface area (Å²) in [6, 6.07) is 0. The molecule has 0 aliphatic rings. The van der Waals surface area contributed by atoms with E-state index in [4.69, 9.17) is 27.4 Å². The van der Waals surface area contributed by atoms with Crippen LogP contribution in [0.15, 0.2) is 0 Å². The van der Waals surface area contributed by atoms with Gasteiger partial charge in [0.05, 0.1) is 0 Å². The zero-order chi connectivity index (χ0) is 8.08. The minimum Gasteiger partial charge on any atom is -0.481 e. The predicted octanol–water partition coefficient (Wildman–Crippen LogP) is -0.567. The van der Waals surface area contributed by atoms with Crippen LogP contribution in [0.4, 0.5) is 0 Å². The van der Waals surface area contributed by atoms with Crippen molar-refractivity contribution in [3.05, 3.63) is 0 Å². The molecule has 0 saturated carbocycles. The van der Waals surface area contributed by atoms with Gasteiger partial charge in [-0.2, -0.15) is 8.42 Å². The first kappa shape index (κ1) is 22.6. The van der Waals surface area contributed by atoms with Crippen molar-refractivity contribution in [1.29, 1.82) is 0 Å². The minimum atomic E-state index is -4.67. The van der Waals surface area contributed by atoms with Crippen LogP contribution >= 0.6 is 0 Å². The minimum absolute atomic E-state index is 0. The summed E-state index contributed by atoms with van der Waals surface area (Å²) < 4.78 is 31.6. The molecule has 0 unspecified atom stereocenters. The summed E-state index contributed by atoms with van der Waals surface area (Å²) in [6.45, 7) is 1.08. The fourth-order valence-electron chi connectivity index (χ4n) is 0. The van der Waals surface area contributed by atoms with Crippen molar-refractivity contribution in [2.24, 2.45) is 0 Å². The summed E-state index contributed by atoms with van der Waals surface area (Å²) in [5, 5.41) is 7.42. The molecule has 78 valence electrons. The van der Waals surface area contributed by atoms with Crippen molar-refractivity contribution in [2.75, 3.05) is 0 Å². The fourth-order valence-corrected chi connectivity index (χ4v) is 0. The van der Waals surface area contributed by atoms with Crippen LogP contribution in [0, 0.1) is 0 Å². The largest absolute Gasteiger partial charge is 0.481 e. The van der Waals surface area contributed by atoms with Gasteiger partial charge in [0.15, 0.2) is 0 Å². The predicted molar refractivity (Wildman–Crippen MR) is 27.5 cm³/mol. The molecule has 0 aromatic rings. The molecule has 0 bridgehead atoms. The molecular formula is C2H6Ag2O6S. The monoisotopic (exact) mass is 372 g/mol. The van der Waals surface area contributed by atoms with Gasteiger partial charge in [0.1, 0.15) is 0 Å². The van der Waals surface area contributed by atoms with Crippen molar-refractivity contribution < 1.29 is 72.2 Å². The van der Waals surface area contributed by atoms with Crippen molar-refractivity contribution in [3.63, 3.8) is 0 Å². The summed E-state index contributed by atoms with van der Waals surface area (Å²) in [6.07, 6.45) is 0. The van der Waals surface area contributed by atoms with E-state index in [1.54, 1.807) is 0 Å². The van der Waals surface area contributed by atoms with E-state index in [1.165, 1.54) is 0 Å². The molecule has 0 aliphatic carbocycles. The van der Waals surface area contributed by atoms with Gasteiger partial charge in [0.2, 0.25) is 0 Å². The van der Waals surface area contributed by atoms with Gasteiger partial charge in [0, 0.05) is 51.7 Å². The third kappa shape index (κ3) is 1250. The number of hydrogen-bond donors (Lipinski definition) is 3. The topological polar surface area (TPSA) is 112 Å². The zero-order valence-electron chi connectivity index (χ0n) is 5.08. The smallest absolute Gasteiger partial charge is 0.394 e. The number of carbonyl (C=O) groups is 1. The zero-order valence-corrected chi connectivity index (χ0v) is 8.86. The third-order valence-electron chi connectivity index (χ3n) is 0. The first-order chi connectivity index (χ1) is 3.73. The molecule has 0 spiro atoms. The van der Waals surface area contributed by atoms with Crippen molar-refractivity contribution in [1.82, 2.24) is 0 Å². The van der Waals surface area contributed by atoms with Gasteiger partial charge in [-0.15, -0.1) is 0 Å². The Labute approximate surface area is 95.0 Å². The summed E-state index contributed by atoms with van der Waals surface area (Å²) in [4.78, 5) is 9.00. The third-order valence-corrected chi connectivity index (χ3v) is 0. The summed E-state index contributed by atoms with van der Waals surface area (Å²) in [7, 11) is -4.67. The molecule has 0 aliphatic heterocycles. The van der Waals surface area contributed by atoms with Gasteiger partial charge in [0.25, 0.3) is 5.97 Å². The average Bonchev–Trinajstić information content (AvgIpc) is 1.19. The van der Waals surface area contributed by atoms with Gasteiger partial charge in [-0.3, -0.25) is 13.9 Å². The molecule has 0 heterocycles. The van der Waals surface area contributed by atoms with E-state index in [2.05, 4.69) is 0 Å². The molecule has 2 radical (unpaired) electrons. The van der Waals surface area contributed by atoms with Crippen molar-refractivity contribution >= 4 is 16.4 Å². The maximum absolute atomic E-state index is 9.00. The molecule has 9 heteroatoms. The Morgan fingerprint density at radius 2 is 1.18 bits per heavy atom. The maximum atomic E-state index is 9.00. The summed E-state index contributed by atoms with van der Waals surface area (Å²) in [5.41, 5.74) is 0. The normalized spacial score (nSPS) is 7.55. The average molecular weight is 374 g/mol. The van der Waals surface area contributed by atoms with Gasteiger partial charge < -0.3 is 5.11 Å². The summed E-state index contributed by atoms with van der Waals surface area (Å²) >= 11 is 0. The second-order valence-corrected chi connectivity index (χ2v) is 1.86. The van der Waals surface area contributed by atoms with E-state index < -0.39 is 16.4 Å². The van der Waals surface area contributed by atoms with E-state index in [0.717, 1.165) is 6.92 Å². The van der Waals surface area contributed by atoms with E-state index in [-0.39, 0.29) is 44.8 Å². The number of hydrogen-bond acceptors (Lipinski definition) is 3. The molecular weight excluding hydrogens is 368 g/mol. The quantitative estimate of drug-likeness (QED) is 0.387. The Balaban J connectivity index is -0.0000000383. The van der Waals surface area contributed by atoms with E-state index in [0.29, 0.717) is 0 Å². The van der Waals surface area contributed by atoms with Crippen LogP contribution in [-0.2, 0) is 60.0 Å². The van der Waals surface area contributed by atoms with Crippen LogP contribution in [0.25, 0.3) is 0 Å². The Morgan fingerprint density at radius 3 is 1.18 bits per heavy atom. The van der Waals surface area contributed by atoms with Crippen LogP contribution in [0.1, 0.15) is 6.92 Å². The second kappa shape index (κ2) is 10.8. The Bertz CT molecular complexity index is 161. The summed E-state index contributed by atoms with van der Waals surface area (Å²) in [5.74, 6) is -0.833. The molecule has 0 atom stereocenters. The molecule has 11 heavy (non-hydrogen) atoms. The Hall–Kier alpha value is 0.821. The molecule has 0 aromatic carbocycles. The molecule has 6 nitrogen and oxygen atoms in total. The maximum Gasteiger partial charge on any atom is 0.394 e. The first-order valence-corrected chi connectivity index (χ1v) is 3.02. The van der Waals surface area contributed by atoms with Gasteiger partial charge in [-0.05, 0) is 0 Å². The van der Waals surface area contributed by atoms with Crippen molar-refractivity contribution in [3.8, 4) is 0 Å². The van der Waals surface area contributed by atoms with Crippen LogP contribution in [0.5, 0.6) is 0 Å². The van der Waals surface area contributed by atoms with Crippen LogP contribution in [-0.4, -0.2) is 28.6 Å². The van der Waals surface area contributed by atoms with E-state index in [9.17, 15) is 0 Å². The van der Waals surface area contributed by atoms with Crippen LogP contribution < -0.4 is 0 Å². The number of carboxylic acid groups (broad SMARTS) is 1. The Morgan fingerprint density at radius 1 is 1.18 bits per heavy atom. The van der Waals surface area contributed by atoms with Crippen LogP contribution in [0.2, 0.25) is 0 Å². The molecule has 0 aromatic heterocycles. The molecule has 3 N–H and O–H groups in total. The number of aliphatic carboxylic acids is 1.